The highest BCUT2D eigenvalue weighted by molar-refractivity contribution is 9.10. The first-order valence-electron chi connectivity index (χ1n) is 2.26. The zero-order valence-corrected chi connectivity index (χ0v) is 5.81. The lowest BCUT2D eigenvalue weighted by Gasteiger charge is -1.78. The summed E-state index contributed by atoms with van der Waals surface area (Å²) in [5.41, 5.74) is 6.29. The topological polar surface area (TPSA) is 39.2 Å². The Kier molecular flexibility index (Phi) is 1.70. The number of rotatable bonds is 1. The van der Waals surface area contributed by atoms with Crippen molar-refractivity contribution in [3.8, 4) is 0 Å². The monoisotopic (exact) mass is 175 g/mol. The second-order valence-electron chi connectivity index (χ2n) is 1.46. The first kappa shape index (κ1) is 5.85. The molecular formula is C5H6BrNO. The third-order valence-electron chi connectivity index (χ3n) is 0.857. The van der Waals surface area contributed by atoms with Gasteiger partial charge in [0, 0.05) is 12.1 Å². The normalized spacial score (nSPS) is 9.75. The molecule has 1 rings (SSSR count). The number of furan rings is 1. The summed E-state index contributed by atoms with van der Waals surface area (Å²) in [6.45, 7) is 0.537. The van der Waals surface area contributed by atoms with E-state index in [1.165, 1.54) is 0 Å². The molecule has 0 bridgehead atoms. The Balaban J connectivity index is 2.84. The molecule has 3 heteroatoms. The molecule has 0 aliphatic carbocycles. The Hall–Kier alpha value is -0.280. The maximum atomic E-state index is 5.28. The van der Waals surface area contributed by atoms with E-state index in [0.717, 1.165) is 10.2 Å². The Morgan fingerprint density at radius 1 is 1.75 bits per heavy atom. The van der Waals surface area contributed by atoms with Crippen LogP contribution < -0.4 is 5.73 Å². The number of hydrogen-bond donors (Lipinski definition) is 1. The second kappa shape index (κ2) is 2.33. The van der Waals surface area contributed by atoms with Gasteiger partial charge in [0.15, 0.2) is 4.67 Å². The predicted octanol–water partition coefficient (Wildman–Crippen LogP) is 1.50. The molecule has 0 aliphatic heterocycles. The molecule has 0 atom stereocenters. The molecule has 44 valence electrons. The van der Waals surface area contributed by atoms with Gasteiger partial charge in [-0.05, 0) is 22.0 Å². The van der Waals surface area contributed by atoms with Crippen LogP contribution in [-0.2, 0) is 6.54 Å². The van der Waals surface area contributed by atoms with E-state index >= 15 is 0 Å². The van der Waals surface area contributed by atoms with Gasteiger partial charge in [-0.2, -0.15) is 0 Å². The van der Waals surface area contributed by atoms with Crippen molar-refractivity contribution in [2.45, 2.75) is 6.54 Å². The zero-order valence-electron chi connectivity index (χ0n) is 4.23. The summed E-state index contributed by atoms with van der Waals surface area (Å²) < 4.78 is 5.63. The van der Waals surface area contributed by atoms with Crippen LogP contribution in [-0.4, -0.2) is 0 Å². The van der Waals surface area contributed by atoms with Crippen molar-refractivity contribution >= 4 is 15.9 Å². The highest BCUT2D eigenvalue weighted by Gasteiger charge is 1.92. The Bertz CT molecular complexity index is 173. The molecule has 1 aromatic rings. The van der Waals surface area contributed by atoms with E-state index in [0.29, 0.717) is 6.54 Å². The molecule has 0 saturated heterocycles. The summed E-state index contributed by atoms with van der Waals surface area (Å²) in [6.07, 6.45) is 1.63. The Morgan fingerprint density at radius 3 is 2.75 bits per heavy atom. The van der Waals surface area contributed by atoms with Crippen LogP contribution in [0.15, 0.2) is 21.4 Å². The lowest BCUT2D eigenvalue weighted by Crippen LogP contribution is -1.92. The van der Waals surface area contributed by atoms with E-state index in [4.69, 9.17) is 10.2 Å². The SMILES string of the molecule is NCc1coc(Br)c1. The summed E-state index contributed by atoms with van der Waals surface area (Å²) in [7, 11) is 0. The molecule has 1 heterocycles. The molecule has 0 aliphatic rings. The Morgan fingerprint density at radius 2 is 2.50 bits per heavy atom. The van der Waals surface area contributed by atoms with Crippen molar-refractivity contribution in [2.24, 2.45) is 5.73 Å². The maximum absolute atomic E-state index is 5.28. The molecule has 0 unspecified atom stereocenters. The summed E-state index contributed by atoms with van der Waals surface area (Å²) in [4.78, 5) is 0. The second-order valence-corrected chi connectivity index (χ2v) is 2.24. The van der Waals surface area contributed by atoms with Gasteiger partial charge in [0.1, 0.15) is 0 Å². The van der Waals surface area contributed by atoms with E-state index in [-0.39, 0.29) is 0 Å². The van der Waals surface area contributed by atoms with Crippen LogP contribution in [0.4, 0.5) is 0 Å². The van der Waals surface area contributed by atoms with Crippen LogP contribution in [0, 0.1) is 0 Å². The van der Waals surface area contributed by atoms with Gasteiger partial charge in [-0.15, -0.1) is 0 Å². The van der Waals surface area contributed by atoms with Crippen molar-refractivity contribution in [3.63, 3.8) is 0 Å². The van der Waals surface area contributed by atoms with Gasteiger partial charge in [0.25, 0.3) is 0 Å². The fourth-order valence-electron chi connectivity index (χ4n) is 0.453. The molecule has 0 amide bonds. The average molecular weight is 176 g/mol. The van der Waals surface area contributed by atoms with Crippen molar-refractivity contribution < 1.29 is 4.42 Å². The molecule has 0 radical (unpaired) electrons. The van der Waals surface area contributed by atoms with Crippen molar-refractivity contribution in [2.75, 3.05) is 0 Å². The summed E-state index contributed by atoms with van der Waals surface area (Å²) in [5, 5.41) is 0. The summed E-state index contributed by atoms with van der Waals surface area (Å²) in [5.74, 6) is 0. The lowest BCUT2D eigenvalue weighted by molar-refractivity contribution is 0.538. The minimum absolute atomic E-state index is 0.537. The van der Waals surface area contributed by atoms with Gasteiger partial charge < -0.3 is 10.2 Å². The standard InChI is InChI=1S/C5H6BrNO/c6-5-1-4(2-7)3-8-5/h1,3H,2,7H2. The molecule has 1 aromatic heterocycles. The van der Waals surface area contributed by atoms with E-state index in [2.05, 4.69) is 15.9 Å². The quantitative estimate of drug-likeness (QED) is 0.704. The van der Waals surface area contributed by atoms with Crippen molar-refractivity contribution in [3.05, 3.63) is 22.6 Å². The van der Waals surface area contributed by atoms with E-state index < -0.39 is 0 Å². The van der Waals surface area contributed by atoms with Gasteiger partial charge in [0.2, 0.25) is 0 Å². The molecule has 0 saturated carbocycles. The minimum Gasteiger partial charge on any atom is -0.457 e. The molecule has 8 heavy (non-hydrogen) atoms. The maximum Gasteiger partial charge on any atom is 0.169 e. The number of halogens is 1. The van der Waals surface area contributed by atoms with Crippen LogP contribution in [0.3, 0.4) is 0 Å². The molecule has 0 fully saturated rings. The third-order valence-corrected chi connectivity index (χ3v) is 1.27. The average Bonchev–Trinajstić information content (AvgIpc) is 2.14. The number of hydrogen-bond acceptors (Lipinski definition) is 2. The van der Waals surface area contributed by atoms with Gasteiger partial charge in [-0.1, -0.05) is 0 Å². The lowest BCUT2D eigenvalue weighted by atomic mass is 10.4. The first-order valence-corrected chi connectivity index (χ1v) is 3.05. The molecule has 0 spiro atoms. The molecule has 2 N–H and O–H groups in total. The molecular weight excluding hydrogens is 170 g/mol. The van der Waals surface area contributed by atoms with Crippen molar-refractivity contribution in [1.82, 2.24) is 0 Å². The minimum atomic E-state index is 0.537. The highest BCUT2D eigenvalue weighted by atomic mass is 79.9. The fourth-order valence-corrected chi connectivity index (χ4v) is 0.840. The van der Waals surface area contributed by atoms with Crippen molar-refractivity contribution in [1.29, 1.82) is 0 Å². The first-order chi connectivity index (χ1) is 3.83. The largest absolute Gasteiger partial charge is 0.457 e. The van der Waals surface area contributed by atoms with E-state index in [9.17, 15) is 0 Å². The number of nitrogens with two attached hydrogens (primary N) is 1. The third kappa shape index (κ3) is 1.11. The summed E-state index contributed by atoms with van der Waals surface area (Å²) >= 11 is 3.15. The van der Waals surface area contributed by atoms with E-state index in [1.54, 1.807) is 6.26 Å². The predicted molar refractivity (Wildman–Crippen MR) is 34.3 cm³/mol. The van der Waals surface area contributed by atoms with Crippen LogP contribution in [0.2, 0.25) is 0 Å². The van der Waals surface area contributed by atoms with Gasteiger partial charge in [0.05, 0.1) is 6.26 Å². The smallest absolute Gasteiger partial charge is 0.169 e. The summed E-state index contributed by atoms with van der Waals surface area (Å²) in [6, 6.07) is 1.85. The van der Waals surface area contributed by atoms with Crippen LogP contribution in [0.5, 0.6) is 0 Å². The van der Waals surface area contributed by atoms with Crippen LogP contribution in [0.1, 0.15) is 5.56 Å². The van der Waals surface area contributed by atoms with Crippen LogP contribution in [0.25, 0.3) is 0 Å². The Labute approximate surface area is 55.8 Å². The van der Waals surface area contributed by atoms with Crippen LogP contribution >= 0.6 is 15.9 Å². The van der Waals surface area contributed by atoms with Gasteiger partial charge in [-0.25, -0.2) is 0 Å². The molecule has 2 nitrogen and oxygen atoms in total. The van der Waals surface area contributed by atoms with Gasteiger partial charge in [-0.3, -0.25) is 0 Å². The zero-order chi connectivity index (χ0) is 5.98. The van der Waals surface area contributed by atoms with E-state index in [1.807, 2.05) is 6.07 Å². The highest BCUT2D eigenvalue weighted by Crippen LogP contribution is 2.12. The van der Waals surface area contributed by atoms with Gasteiger partial charge >= 0.3 is 0 Å². The molecule has 0 aromatic carbocycles. The fraction of sp³-hybridized carbons (Fsp3) is 0.200.